The first-order valence-corrected chi connectivity index (χ1v) is 12.1. The Bertz CT molecular complexity index is 1030. The van der Waals surface area contributed by atoms with Crippen LogP contribution >= 0.6 is 0 Å². The predicted octanol–water partition coefficient (Wildman–Crippen LogP) is 1.61. The van der Waals surface area contributed by atoms with Gasteiger partial charge in [-0.15, -0.1) is 0 Å². The first kappa shape index (κ1) is 26.6. The first-order chi connectivity index (χ1) is 17.9. The highest BCUT2D eigenvalue weighted by Crippen LogP contribution is 2.33. The zero-order valence-electron chi connectivity index (χ0n) is 20.7. The summed E-state index contributed by atoms with van der Waals surface area (Å²) in [5.74, 6) is -2.34. The molecule has 0 bridgehead atoms. The summed E-state index contributed by atoms with van der Waals surface area (Å²) in [6.07, 6.45) is 5.33. The summed E-state index contributed by atoms with van der Waals surface area (Å²) in [6, 6.07) is -0.663. The molecule has 0 radical (unpaired) electrons. The van der Waals surface area contributed by atoms with E-state index in [1.54, 1.807) is 11.8 Å². The second kappa shape index (κ2) is 12.2. The van der Waals surface area contributed by atoms with E-state index in [1.165, 1.54) is 31.7 Å². The molecule has 2 saturated heterocycles. The molecule has 3 N–H and O–H groups in total. The van der Waals surface area contributed by atoms with Crippen LogP contribution in [0.25, 0.3) is 0 Å². The van der Waals surface area contributed by atoms with Crippen LogP contribution < -0.4 is 30.8 Å². The van der Waals surface area contributed by atoms with E-state index in [9.17, 15) is 13.6 Å². The zero-order valence-corrected chi connectivity index (χ0v) is 20.7. The molecule has 2 aliphatic heterocycles. The SMILES string of the molecule is CCOc1cnc(NC(=O)N(C)C2CN(c3nccc(ONOC4CCNCC4)n3)CCC2(F)F)cn1. The fraction of sp³-hybridized carbons (Fsp3) is 0.591. The summed E-state index contributed by atoms with van der Waals surface area (Å²) in [6.45, 7) is 3.77. The van der Waals surface area contributed by atoms with Crippen LogP contribution in [-0.2, 0) is 4.84 Å². The molecule has 0 spiro atoms. The third kappa shape index (κ3) is 7.08. The number of alkyl halides is 2. The lowest BCUT2D eigenvalue weighted by Gasteiger charge is -2.42. The summed E-state index contributed by atoms with van der Waals surface area (Å²) in [5.41, 5.74) is 2.45. The summed E-state index contributed by atoms with van der Waals surface area (Å²) in [4.78, 5) is 42.7. The second-order valence-electron chi connectivity index (χ2n) is 8.63. The third-order valence-electron chi connectivity index (χ3n) is 6.09. The minimum Gasteiger partial charge on any atom is -0.477 e. The number of amides is 2. The Labute approximate surface area is 212 Å². The van der Waals surface area contributed by atoms with Gasteiger partial charge < -0.3 is 24.7 Å². The third-order valence-corrected chi connectivity index (χ3v) is 6.09. The Kier molecular flexibility index (Phi) is 8.78. The number of urea groups is 1. The van der Waals surface area contributed by atoms with E-state index < -0.39 is 24.4 Å². The Balaban J connectivity index is 1.36. The van der Waals surface area contributed by atoms with Gasteiger partial charge in [0.25, 0.3) is 5.92 Å². The average molecular weight is 524 g/mol. The fourth-order valence-corrected chi connectivity index (χ4v) is 4.00. The molecule has 2 aromatic rings. The molecular weight excluding hydrogens is 492 g/mol. The summed E-state index contributed by atoms with van der Waals surface area (Å²) >= 11 is 0. The number of likely N-dealkylation sites (N-methyl/N-ethyl adjacent to an activating group) is 1. The number of ether oxygens (including phenoxy) is 1. The minimum absolute atomic E-state index is 0.00574. The van der Waals surface area contributed by atoms with Gasteiger partial charge in [-0.25, -0.2) is 28.5 Å². The van der Waals surface area contributed by atoms with Crippen LogP contribution in [0.3, 0.4) is 0 Å². The van der Waals surface area contributed by atoms with E-state index in [2.05, 4.69) is 36.2 Å². The van der Waals surface area contributed by atoms with E-state index in [-0.39, 0.29) is 36.8 Å². The standard InChI is InChI=1S/C22H31F2N9O4/c1-3-35-19-13-27-17(12-28-19)29-21(34)32(2)16-14-33(11-7-22(16,23)24)20-26-10-6-18(30-20)37-31-36-15-4-8-25-9-5-15/h6,10,12-13,15-16,25,31H,3-5,7-9,11,14H2,1-2H3,(H,27,29,34). The smallest absolute Gasteiger partial charge is 0.323 e. The molecule has 0 aromatic carbocycles. The quantitative estimate of drug-likeness (QED) is 0.413. The zero-order chi connectivity index (χ0) is 26.3. The molecule has 0 saturated carbocycles. The van der Waals surface area contributed by atoms with Crippen molar-refractivity contribution in [2.24, 2.45) is 0 Å². The summed E-state index contributed by atoms with van der Waals surface area (Å²) < 4.78 is 35.0. The number of aromatic nitrogens is 4. The van der Waals surface area contributed by atoms with Gasteiger partial charge in [0.1, 0.15) is 6.04 Å². The first-order valence-electron chi connectivity index (χ1n) is 12.1. The van der Waals surface area contributed by atoms with Gasteiger partial charge >= 0.3 is 6.03 Å². The largest absolute Gasteiger partial charge is 0.477 e. The van der Waals surface area contributed by atoms with Crippen LogP contribution in [-0.4, -0.2) is 88.8 Å². The molecular formula is C22H31F2N9O4. The van der Waals surface area contributed by atoms with Gasteiger partial charge in [-0.3, -0.25) is 10.2 Å². The van der Waals surface area contributed by atoms with Gasteiger partial charge in [-0.05, 0) is 38.5 Å². The summed E-state index contributed by atoms with van der Waals surface area (Å²) in [5, 5.41) is 5.73. The molecule has 202 valence electrons. The predicted molar refractivity (Wildman–Crippen MR) is 128 cm³/mol. The lowest BCUT2D eigenvalue weighted by Crippen LogP contribution is -2.60. The van der Waals surface area contributed by atoms with Crippen LogP contribution in [0.5, 0.6) is 11.8 Å². The Morgan fingerprint density at radius 1 is 1.24 bits per heavy atom. The molecule has 13 nitrogen and oxygen atoms in total. The number of carbonyl (C=O) groups is 1. The molecule has 2 aromatic heterocycles. The number of hydrogen-bond donors (Lipinski definition) is 3. The highest BCUT2D eigenvalue weighted by molar-refractivity contribution is 5.88. The number of piperidine rings is 2. The molecule has 2 aliphatic rings. The van der Waals surface area contributed by atoms with E-state index >= 15 is 0 Å². The van der Waals surface area contributed by atoms with E-state index in [1.807, 2.05) is 0 Å². The van der Waals surface area contributed by atoms with Crippen molar-refractivity contribution in [2.75, 3.05) is 50.1 Å². The maximum atomic E-state index is 14.9. The van der Waals surface area contributed by atoms with Gasteiger partial charge in [-0.2, -0.15) is 4.98 Å². The Hall–Kier alpha value is -3.43. The topological polar surface area (TPSA) is 139 Å². The molecule has 1 unspecified atom stereocenters. The molecule has 37 heavy (non-hydrogen) atoms. The van der Waals surface area contributed by atoms with Crippen molar-refractivity contribution in [3.63, 3.8) is 0 Å². The van der Waals surface area contributed by atoms with Crippen LogP contribution in [0.1, 0.15) is 26.2 Å². The lowest BCUT2D eigenvalue weighted by atomic mass is 10.00. The minimum atomic E-state index is -3.12. The molecule has 4 heterocycles. The van der Waals surface area contributed by atoms with E-state index in [0.29, 0.717) is 12.5 Å². The van der Waals surface area contributed by atoms with Gasteiger partial charge in [0.2, 0.25) is 17.7 Å². The van der Waals surface area contributed by atoms with Crippen molar-refractivity contribution in [1.82, 2.24) is 35.8 Å². The number of nitrogens with one attached hydrogen (secondary N) is 3. The van der Waals surface area contributed by atoms with Gasteiger partial charge in [0.15, 0.2) is 5.82 Å². The number of nitrogens with zero attached hydrogens (tertiary/aromatic N) is 6. The highest BCUT2D eigenvalue weighted by Gasteiger charge is 2.48. The molecule has 2 fully saturated rings. The average Bonchev–Trinajstić information content (AvgIpc) is 2.90. The number of hydrogen-bond acceptors (Lipinski definition) is 11. The monoisotopic (exact) mass is 523 g/mol. The van der Waals surface area contributed by atoms with Crippen LogP contribution in [0.2, 0.25) is 0 Å². The Morgan fingerprint density at radius 3 is 2.78 bits per heavy atom. The van der Waals surface area contributed by atoms with E-state index in [4.69, 9.17) is 14.4 Å². The fourth-order valence-electron chi connectivity index (χ4n) is 4.00. The van der Waals surface area contributed by atoms with Gasteiger partial charge in [-0.1, -0.05) is 0 Å². The van der Waals surface area contributed by atoms with Crippen molar-refractivity contribution in [3.8, 4) is 11.8 Å². The van der Waals surface area contributed by atoms with Crippen molar-refractivity contribution < 1.29 is 28.0 Å². The molecule has 4 rings (SSSR count). The van der Waals surface area contributed by atoms with Crippen molar-refractivity contribution in [3.05, 3.63) is 24.7 Å². The van der Waals surface area contributed by atoms with Gasteiger partial charge in [0.05, 0.1) is 25.1 Å². The van der Waals surface area contributed by atoms with Crippen LogP contribution in [0.4, 0.5) is 25.3 Å². The molecule has 0 aliphatic carbocycles. The lowest BCUT2D eigenvalue weighted by molar-refractivity contribution is -0.152. The van der Waals surface area contributed by atoms with Crippen LogP contribution in [0.15, 0.2) is 24.7 Å². The van der Waals surface area contributed by atoms with Crippen molar-refractivity contribution in [1.29, 1.82) is 0 Å². The number of carbonyl (C=O) groups excluding carboxylic acids is 1. The number of anilines is 2. The molecule has 1 atom stereocenters. The van der Waals surface area contributed by atoms with Crippen LogP contribution in [0, 0.1) is 0 Å². The Morgan fingerprint density at radius 2 is 2.05 bits per heavy atom. The van der Waals surface area contributed by atoms with Crippen molar-refractivity contribution in [2.45, 2.75) is 44.3 Å². The molecule has 2 amide bonds. The number of halogens is 2. The maximum absolute atomic E-state index is 14.9. The maximum Gasteiger partial charge on any atom is 0.323 e. The summed E-state index contributed by atoms with van der Waals surface area (Å²) in [7, 11) is 1.31. The number of rotatable bonds is 9. The van der Waals surface area contributed by atoms with Crippen molar-refractivity contribution >= 4 is 17.8 Å². The van der Waals surface area contributed by atoms with E-state index in [0.717, 1.165) is 30.8 Å². The highest BCUT2D eigenvalue weighted by atomic mass is 19.3. The molecule has 15 heteroatoms. The van der Waals surface area contributed by atoms with Gasteiger partial charge in [0, 0.05) is 38.8 Å². The second-order valence-corrected chi connectivity index (χ2v) is 8.63. The normalized spacial score (nSPS) is 19.8.